The van der Waals surface area contributed by atoms with Gasteiger partial charge in [-0.2, -0.15) is 4.31 Å². The topological polar surface area (TPSA) is 69.7 Å². The second-order valence-corrected chi connectivity index (χ2v) is 6.89. The fraction of sp³-hybridized carbons (Fsp3) is 0.500. The maximum Gasteiger partial charge on any atom is 0.243 e. The summed E-state index contributed by atoms with van der Waals surface area (Å²) in [5.41, 5.74) is 0. The van der Waals surface area contributed by atoms with Crippen LogP contribution in [0.2, 0.25) is 0 Å². The predicted molar refractivity (Wildman–Crippen MR) is 87.6 cm³/mol. The third kappa shape index (κ3) is 4.42. The highest BCUT2D eigenvalue weighted by molar-refractivity contribution is 7.89. The minimum atomic E-state index is -3.45. The SMILES string of the molecule is CNCCC(=O)N1CCN(S(=O)(=O)c2ccccc2)CC1.Cl. The number of benzene rings is 1. The molecule has 0 saturated carbocycles. The molecular formula is C14H22ClN3O3S. The van der Waals surface area contributed by atoms with Gasteiger partial charge in [0.15, 0.2) is 0 Å². The van der Waals surface area contributed by atoms with Crippen LogP contribution in [0.5, 0.6) is 0 Å². The maximum atomic E-state index is 12.4. The van der Waals surface area contributed by atoms with Gasteiger partial charge in [-0.1, -0.05) is 18.2 Å². The van der Waals surface area contributed by atoms with Crippen molar-refractivity contribution in [1.29, 1.82) is 0 Å². The second-order valence-electron chi connectivity index (χ2n) is 4.95. The molecule has 0 atom stereocenters. The zero-order valence-electron chi connectivity index (χ0n) is 12.6. The van der Waals surface area contributed by atoms with Gasteiger partial charge in [-0.25, -0.2) is 8.42 Å². The molecular weight excluding hydrogens is 326 g/mol. The average molecular weight is 348 g/mol. The normalized spacial score (nSPS) is 16.1. The van der Waals surface area contributed by atoms with Gasteiger partial charge in [0.1, 0.15) is 0 Å². The van der Waals surface area contributed by atoms with Crippen molar-refractivity contribution in [1.82, 2.24) is 14.5 Å². The summed E-state index contributed by atoms with van der Waals surface area (Å²) in [6.45, 7) is 2.25. The van der Waals surface area contributed by atoms with Crippen molar-refractivity contribution in [2.75, 3.05) is 39.8 Å². The Balaban J connectivity index is 0.00000242. The molecule has 1 aliphatic heterocycles. The quantitative estimate of drug-likeness (QED) is 0.844. The van der Waals surface area contributed by atoms with Crippen LogP contribution in [0.25, 0.3) is 0 Å². The standard InChI is InChI=1S/C14H21N3O3S.ClH/c1-15-8-7-14(18)16-9-11-17(12-10-16)21(19,20)13-5-3-2-4-6-13;/h2-6,15H,7-12H2,1H3;1H. The molecule has 0 radical (unpaired) electrons. The zero-order valence-corrected chi connectivity index (χ0v) is 14.2. The van der Waals surface area contributed by atoms with Gasteiger partial charge in [0.2, 0.25) is 15.9 Å². The number of amides is 1. The first kappa shape index (κ1) is 18.9. The number of carbonyl (C=O) groups is 1. The summed E-state index contributed by atoms with van der Waals surface area (Å²) in [6, 6.07) is 8.41. The molecule has 1 heterocycles. The van der Waals surface area contributed by atoms with Crippen LogP contribution >= 0.6 is 12.4 Å². The first-order valence-electron chi connectivity index (χ1n) is 7.03. The minimum absolute atomic E-state index is 0. The summed E-state index contributed by atoms with van der Waals surface area (Å²) in [5.74, 6) is 0.0705. The lowest BCUT2D eigenvalue weighted by atomic mass is 10.3. The number of sulfonamides is 1. The first-order valence-corrected chi connectivity index (χ1v) is 8.47. The third-order valence-corrected chi connectivity index (χ3v) is 5.47. The lowest BCUT2D eigenvalue weighted by Crippen LogP contribution is -2.50. The summed E-state index contributed by atoms with van der Waals surface area (Å²) < 4.78 is 26.3. The first-order chi connectivity index (χ1) is 10.1. The van der Waals surface area contributed by atoms with Crippen LogP contribution < -0.4 is 5.32 Å². The summed E-state index contributed by atoms with van der Waals surface area (Å²) in [4.78, 5) is 13.9. The van der Waals surface area contributed by atoms with Gasteiger partial charge in [-0.15, -0.1) is 12.4 Å². The van der Waals surface area contributed by atoms with E-state index >= 15 is 0 Å². The van der Waals surface area contributed by atoms with Crippen LogP contribution in [0.3, 0.4) is 0 Å². The van der Waals surface area contributed by atoms with E-state index in [1.807, 2.05) is 0 Å². The van der Waals surface area contributed by atoms with E-state index in [1.165, 1.54) is 4.31 Å². The summed E-state index contributed by atoms with van der Waals surface area (Å²) in [5, 5.41) is 2.94. The highest BCUT2D eigenvalue weighted by atomic mass is 35.5. The Morgan fingerprint density at radius 2 is 1.73 bits per heavy atom. The Hall–Kier alpha value is -1.15. The van der Waals surface area contributed by atoms with Crippen LogP contribution in [0.4, 0.5) is 0 Å². The molecule has 0 aromatic heterocycles. The Labute approximate surface area is 137 Å². The van der Waals surface area contributed by atoms with Crippen molar-refractivity contribution in [2.45, 2.75) is 11.3 Å². The fourth-order valence-corrected chi connectivity index (χ4v) is 3.75. The molecule has 1 saturated heterocycles. The number of hydrogen-bond donors (Lipinski definition) is 1. The predicted octanol–water partition coefficient (Wildman–Crippen LogP) is 0.551. The smallest absolute Gasteiger partial charge is 0.243 e. The van der Waals surface area contributed by atoms with Gasteiger partial charge >= 0.3 is 0 Å². The van der Waals surface area contributed by atoms with Gasteiger partial charge in [0, 0.05) is 39.1 Å². The third-order valence-electron chi connectivity index (χ3n) is 3.56. The molecule has 0 spiro atoms. The van der Waals surface area contributed by atoms with Gasteiger partial charge in [-0.05, 0) is 19.2 Å². The fourth-order valence-electron chi connectivity index (χ4n) is 2.31. The van der Waals surface area contributed by atoms with Crippen molar-refractivity contribution in [3.63, 3.8) is 0 Å². The molecule has 22 heavy (non-hydrogen) atoms. The number of carbonyl (C=O) groups excluding carboxylic acids is 1. The molecule has 6 nitrogen and oxygen atoms in total. The summed E-state index contributed by atoms with van der Waals surface area (Å²) >= 11 is 0. The molecule has 8 heteroatoms. The van der Waals surface area contributed by atoms with Crippen LogP contribution in [0.1, 0.15) is 6.42 Å². The van der Waals surface area contributed by atoms with Crippen molar-refractivity contribution >= 4 is 28.3 Å². The Kier molecular flexibility index (Phi) is 7.28. The highest BCUT2D eigenvalue weighted by Gasteiger charge is 2.29. The van der Waals surface area contributed by atoms with Crippen LogP contribution in [-0.4, -0.2) is 63.3 Å². The highest BCUT2D eigenvalue weighted by Crippen LogP contribution is 2.17. The lowest BCUT2D eigenvalue weighted by Gasteiger charge is -2.34. The zero-order chi connectivity index (χ0) is 15.3. The van der Waals surface area contributed by atoms with Gasteiger partial charge in [-0.3, -0.25) is 4.79 Å². The molecule has 0 aliphatic carbocycles. The van der Waals surface area contributed by atoms with Crippen molar-refractivity contribution < 1.29 is 13.2 Å². The van der Waals surface area contributed by atoms with Gasteiger partial charge in [0.05, 0.1) is 4.90 Å². The number of hydrogen-bond acceptors (Lipinski definition) is 4. The summed E-state index contributed by atoms with van der Waals surface area (Å²) in [6.07, 6.45) is 0.446. The van der Waals surface area contributed by atoms with Crippen molar-refractivity contribution in [2.24, 2.45) is 0 Å². The lowest BCUT2D eigenvalue weighted by molar-refractivity contribution is -0.132. The number of halogens is 1. The number of nitrogens with one attached hydrogen (secondary N) is 1. The number of nitrogens with zero attached hydrogens (tertiary/aromatic N) is 2. The van der Waals surface area contributed by atoms with E-state index in [9.17, 15) is 13.2 Å². The van der Waals surface area contributed by atoms with Crippen LogP contribution in [-0.2, 0) is 14.8 Å². The summed E-state index contributed by atoms with van der Waals surface area (Å²) in [7, 11) is -1.64. The molecule has 0 bridgehead atoms. The van der Waals surface area contributed by atoms with Crippen LogP contribution in [0.15, 0.2) is 35.2 Å². The largest absolute Gasteiger partial charge is 0.340 e. The molecule has 0 unspecified atom stereocenters. The number of piperazine rings is 1. The molecule has 1 aromatic carbocycles. The van der Waals surface area contributed by atoms with E-state index in [0.717, 1.165) is 0 Å². The Morgan fingerprint density at radius 1 is 1.14 bits per heavy atom. The van der Waals surface area contributed by atoms with Gasteiger partial charge in [0.25, 0.3) is 0 Å². The molecule has 2 rings (SSSR count). The average Bonchev–Trinajstić information content (AvgIpc) is 2.53. The van der Waals surface area contributed by atoms with E-state index in [-0.39, 0.29) is 18.3 Å². The van der Waals surface area contributed by atoms with Crippen LogP contribution in [0, 0.1) is 0 Å². The maximum absolute atomic E-state index is 12.4. The van der Waals surface area contributed by atoms with E-state index in [4.69, 9.17) is 0 Å². The Bertz CT molecular complexity index is 572. The van der Waals surface area contributed by atoms with Crippen molar-refractivity contribution in [3.05, 3.63) is 30.3 Å². The molecule has 1 amide bonds. The molecule has 124 valence electrons. The van der Waals surface area contributed by atoms with Crippen molar-refractivity contribution in [3.8, 4) is 0 Å². The molecule has 1 aliphatic rings. The van der Waals surface area contributed by atoms with E-state index in [0.29, 0.717) is 44.0 Å². The van der Waals surface area contributed by atoms with Gasteiger partial charge < -0.3 is 10.2 Å². The minimum Gasteiger partial charge on any atom is -0.340 e. The van der Waals surface area contributed by atoms with E-state index in [1.54, 1.807) is 42.3 Å². The molecule has 1 aromatic rings. The van der Waals surface area contributed by atoms with E-state index in [2.05, 4.69) is 5.32 Å². The van der Waals surface area contributed by atoms with E-state index < -0.39 is 10.0 Å². The monoisotopic (exact) mass is 347 g/mol. The molecule has 1 N–H and O–H groups in total. The second kappa shape index (κ2) is 8.47. The molecule has 1 fully saturated rings. The Morgan fingerprint density at radius 3 is 2.27 bits per heavy atom. The number of rotatable bonds is 5.